The lowest BCUT2D eigenvalue weighted by Crippen LogP contribution is -2.45. The molecule has 1 aromatic heterocycles. The molecule has 0 amide bonds. The summed E-state index contributed by atoms with van der Waals surface area (Å²) in [5.41, 5.74) is -0.0827. The van der Waals surface area contributed by atoms with Crippen LogP contribution >= 0.6 is 11.6 Å². The standard InChI is InChI=1S/C11H16ClN3O/c1-9-13-5-2-10(14-9)15-11(8-12)3-6-16-7-4-11/h2,5H,3-4,6-8H2,1H3,(H,13,14,15). The molecule has 16 heavy (non-hydrogen) atoms. The van der Waals surface area contributed by atoms with E-state index >= 15 is 0 Å². The number of halogens is 1. The smallest absolute Gasteiger partial charge is 0.130 e. The van der Waals surface area contributed by atoms with Gasteiger partial charge in [-0.05, 0) is 25.8 Å². The summed E-state index contributed by atoms with van der Waals surface area (Å²) in [5.74, 6) is 2.18. The SMILES string of the molecule is Cc1nccc(NC2(CCl)CCOCC2)n1. The van der Waals surface area contributed by atoms with E-state index in [-0.39, 0.29) is 5.54 Å². The highest BCUT2D eigenvalue weighted by Crippen LogP contribution is 2.26. The van der Waals surface area contributed by atoms with Gasteiger partial charge in [-0.1, -0.05) is 0 Å². The van der Waals surface area contributed by atoms with Crippen LogP contribution in [-0.2, 0) is 4.74 Å². The number of nitrogens with one attached hydrogen (secondary N) is 1. The minimum absolute atomic E-state index is 0.0827. The third-order valence-corrected chi connectivity index (χ3v) is 3.39. The second kappa shape index (κ2) is 4.97. The lowest BCUT2D eigenvalue weighted by molar-refractivity contribution is 0.0666. The lowest BCUT2D eigenvalue weighted by Gasteiger charge is -2.36. The Bertz CT molecular complexity index is 353. The monoisotopic (exact) mass is 241 g/mol. The number of aromatic nitrogens is 2. The van der Waals surface area contributed by atoms with Crippen LogP contribution in [0.25, 0.3) is 0 Å². The molecule has 2 heterocycles. The molecule has 1 fully saturated rings. The number of alkyl halides is 1. The molecule has 4 nitrogen and oxygen atoms in total. The Labute approximate surface area is 100 Å². The second-order valence-electron chi connectivity index (χ2n) is 4.14. The summed E-state index contributed by atoms with van der Waals surface area (Å²) in [6.45, 7) is 3.39. The zero-order chi connectivity index (χ0) is 11.4. The van der Waals surface area contributed by atoms with Crippen LogP contribution < -0.4 is 5.32 Å². The summed E-state index contributed by atoms with van der Waals surface area (Å²) in [5, 5.41) is 3.42. The van der Waals surface area contributed by atoms with Crippen molar-refractivity contribution in [2.75, 3.05) is 24.4 Å². The highest BCUT2D eigenvalue weighted by molar-refractivity contribution is 6.18. The second-order valence-corrected chi connectivity index (χ2v) is 4.41. The molecule has 1 N–H and O–H groups in total. The zero-order valence-electron chi connectivity index (χ0n) is 9.37. The number of hydrogen-bond donors (Lipinski definition) is 1. The maximum Gasteiger partial charge on any atom is 0.130 e. The summed E-state index contributed by atoms with van der Waals surface area (Å²) in [7, 11) is 0. The fourth-order valence-electron chi connectivity index (χ4n) is 1.85. The molecule has 0 aliphatic carbocycles. The molecular weight excluding hydrogens is 226 g/mol. The summed E-state index contributed by atoms with van der Waals surface area (Å²) < 4.78 is 5.36. The maximum atomic E-state index is 6.07. The Hall–Kier alpha value is -0.870. The van der Waals surface area contributed by atoms with E-state index in [9.17, 15) is 0 Å². The molecule has 1 aromatic rings. The maximum absolute atomic E-state index is 6.07. The molecule has 0 atom stereocenters. The van der Waals surface area contributed by atoms with Gasteiger partial charge in [0.15, 0.2) is 0 Å². The molecule has 0 aromatic carbocycles. The number of nitrogens with zero attached hydrogens (tertiary/aromatic N) is 2. The van der Waals surface area contributed by atoms with Gasteiger partial charge in [0.1, 0.15) is 11.6 Å². The van der Waals surface area contributed by atoms with E-state index in [1.54, 1.807) is 6.20 Å². The first kappa shape index (κ1) is 11.6. The highest BCUT2D eigenvalue weighted by Gasteiger charge is 2.31. The van der Waals surface area contributed by atoms with Crippen LogP contribution in [0.15, 0.2) is 12.3 Å². The van der Waals surface area contributed by atoms with Crippen LogP contribution in [0.2, 0.25) is 0 Å². The molecule has 1 aliphatic rings. The quantitative estimate of drug-likeness (QED) is 0.823. The van der Waals surface area contributed by atoms with E-state index < -0.39 is 0 Å². The van der Waals surface area contributed by atoms with E-state index in [4.69, 9.17) is 16.3 Å². The van der Waals surface area contributed by atoms with Crippen LogP contribution in [0.3, 0.4) is 0 Å². The number of ether oxygens (including phenoxy) is 1. The molecule has 0 spiro atoms. The van der Waals surface area contributed by atoms with Crippen molar-refractivity contribution in [3.05, 3.63) is 18.1 Å². The van der Waals surface area contributed by atoms with Crippen LogP contribution in [-0.4, -0.2) is 34.6 Å². The molecule has 1 aliphatic heterocycles. The van der Waals surface area contributed by atoms with Gasteiger partial charge >= 0.3 is 0 Å². The molecule has 0 radical (unpaired) electrons. The van der Waals surface area contributed by atoms with Gasteiger partial charge in [-0.25, -0.2) is 9.97 Å². The van der Waals surface area contributed by atoms with E-state index in [1.807, 2.05) is 13.0 Å². The van der Waals surface area contributed by atoms with E-state index in [1.165, 1.54) is 0 Å². The normalized spacial score (nSPS) is 19.4. The third kappa shape index (κ3) is 2.62. The van der Waals surface area contributed by atoms with Gasteiger partial charge in [0, 0.05) is 25.3 Å². The Morgan fingerprint density at radius 2 is 2.25 bits per heavy atom. The summed E-state index contributed by atoms with van der Waals surface area (Å²) in [6, 6.07) is 1.87. The molecular formula is C11H16ClN3O. The van der Waals surface area contributed by atoms with Crippen LogP contribution in [0.5, 0.6) is 0 Å². The number of anilines is 1. The summed E-state index contributed by atoms with van der Waals surface area (Å²) >= 11 is 6.07. The van der Waals surface area contributed by atoms with Gasteiger partial charge in [-0.2, -0.15) is 0 Å². The molecule has 2 rings (SSSR count). The predicted octanol–water partition coefficient (Wildman–Crippen LogP) is 1.98. The average molecular weight is 242 g/mol. The first-order chi connectivity index (χ1) is 7.74. The summed E-state index contributed by atoms with van der Waals surface area (Å²) in [4.78, 5) is 8.41. The van der Waals surface area contributed by atoms with Crippen molar-refractivity contribution >= 4 is 17.4 Å². The predicted molar refractivity (Wildman–Crippen MR) is 63.9 cm³/mol. The molecule has 0 bridgehead atoms. The fraction of sp³-hybridized carbons (Fsp3) is 0.636. The Morgan fingerprint density at radius 3 is 2.88 bits per heavy atom. The van der Waals surface area contributed by atoms with Crippen LogP contribution in [0.1, 0.15) is 18.7 Å². The highest BCUT2D eigenvalue weighted by atomic mass is 35.5. The van der Waals surface area contributed by atoms with Gasteiger partial charge in [-0.15, -0.1) is 11.6 Å². The molecule has 0 saturated carbocycles. The first-order valence-electron chi connectivity index (χ1n) is 5.46. The Morgan fingerprint density at radius 1 is 1.50 bits per heavy atom. The van der Waals surface area contributed by atoms with Crippen molar-refractivity contribution in [2.24, 2.45) is 0 Å². The average Bonchev–Trinajstić information content (AvgIpc) is 2.30. The number of aryl methyl sites for hydroxylation is 1. The molecule has 1 saturated heterocycles. The van der Waals surface area contributed by atoms with Gasteiger partial charge in [0.25, 0.3) is 0 Å². The van der Waals surface area contributed by atoms with E-state index in [2.05, 4.69) is 15.3 Å². The first-order valence-corrected chi connectivity index (χ1v) is 5.99. The van der Waals surface area contributed by atoms with Gasteiger partial charge in [-0.3, -0.25) is 0 Å². The van der Waals surface area contributed by atoms with Crippen molar-refractivity contribution in [1.82, 2.24) is 9.97 Å². The Kier molecular flexibility index (Phi) is 3.61. The molecule has 88 valence electrons. The van der Waals surface area contributed by atoms with Crippen molar-refractivity contribution in [2.45, 2.75) is 25.3 Å². The minimum atomic E-state index is -0.0827. The fourth-order valence-corrected chi connectivity index (χ4v) is 2.19. The van der Waals surface area contributed by atoms with Crippen LogP contribution in [0.4, 0.5) is 5.82 Å². The largest absolute Gasteiger partial charge is 0.381 e. The molecule has 0 unspecified atom stereocenters. The Balaban J connectivity index is 2.11. The zero-order valence-corrected chi connectivity index (χ0v) is 10.1. The third-order valence-electron chi connectivity index (χ3n) is 2.87. The number of rotatable bonds is 3. The van der Waals surface area contributed by atoms with Crippen molar-refractivity contribution < 1.29 is 4.74 Å². The van der Waals surface area contributed by atoms with E-state index in [0.29, 0.717) is 5.88 Å². The van der Waals surface area contributed by atoms with E-state index in [0.717, 1.165) is 37.7 Å². The number of hydrogen-bond acceptors (Lipinski definition) is 4. The van der Waals surface area contributed by atoms with Crippen molar-refractivity contribution in [1.29, 1.82) is 0 Å². The topological polar surface area (TPSA) is 47.0 Å². The minimum Gasteiger partial charge on any atom is -0.381 e. The molecule has 5 heteroatoms. The van der Waals surface area contributed by atoms with Gasteiger partial charge in [0.05, 0.1) is 5.54 Å². The summed E-state index contributed by atoms with van der Waals surface area (Å²) in [6.07, 6.45) is 3.59. The lowest BCUT2D eigenvalue weighted by atomic mass is 9.92. The van der Waals surface area contributed by atoms with Crippen molar-refractivity contribution in [3.8, 4) is 0 Å². The van der Waals surface area contributed by atoms with Gasteiger partial charge in [0.2, 0.25) is 0 Å². The van der Waals surface area contributed by atoms with Gasteiger partial charge < -0.3 is 10.1 Å². The van der Waals surface area contributed by atoms with Crippen LogP contribution in [0, 0.1) is 6.92 Å². The van der Waals surface area contributed by atoms with Crippen molar-refractivity contribution in [3.63, 3.8) is 0 Å².